The number of primary amides is 2. The summed E-state index contributed by atoms with van der Waals surface area (Å²) in [5.41, 5.74) is 8.50. The van der Waals surface area contributed by atoms with Crippen molar-refractivity contribution in [3.05, 3.63) is 46.0 Å². The van der Waals surface area contributed by atoms with Crippen LogP contribution in [0.3, 0.4) is 0 Å². The van der Waals surface area contributed by atoms with Gasteiger partial charge in [0.05, 0.1) is 15.3 Å². The van der Waals surface area contributed by atoms with Gasteiger partial charge in [-0.15, -0.1) is 0 Å². The summed E-state index contributed by atoms with van der Waals surface area (Å²) in [6.45, 7) is 0. The van der Waals surface area contributed by atoms with E-state index >= 15 is 0 Å². The van der Waals surface area contributed by atoms with Crippen molar-refractivity contribution in [2.45, 2.75) is 0 Å². The maximum atomic E-state index is 9.00. The maximum absolute atomic E-state index is 9.00. The van der Waals surface area contributed by atoms with Crippen molar-refractivity contribution in [3.8, 4) is 0 Å². The number of nitrogens with two attached hydrogens (primary N) is 2. The molecule has 0 aromatic carbocycles. The third-order valence-electron chi connectivity index (χ3n) is 0. The average molecular weight is 386 g/mol. The van der Waals surface area contributed by atoms with Crippen molar-refractivity contribution in [2.24, 2.45) is 11.5 Å². The van der Waals surface area contributed by atoms with E-state index in [9.17, 15) is 0 Å². The van der Waals surface area contributed by atoms with Crippen LogP contribution in [-0.4, -0.2) is 21.3 Å². The largest absolute Gasteiger partial charge is 3.00 e. The Morgan fingerprint density at radius 2 is 0.706 bits per heavy atom. The summed E-state index contributed by atoms with van der Waals surface area (Å²) in [7, 11) is 0. The fourth-order valence-electron chi connectivity index (χ4n) is 0. The summed E-state index contributed by atoms with van der Waals surface area (Å²) in [6.07, 6.45) is 0. The molecule has 0 aliphatic rings. The van der Waals surface area contributed by atoms with Crippen LogP contribution in [0.1, 0.15) is 0 Å². The zero-order chi connectivity index (χ0) is 14.3. The minimum Gasteiger partial charge on any atom is -0.356 e. The first-order chi connectivity index (χ1) is 6.93. The van der Waals surface area contributed by atoms with Gasteiger partial charge in [0.2, 0.25) is 0 Å². The second kappa shape index (κ2) is 23.8. The Balaban J connectivity index is -0.0000000369. The minimum absolute atomic E-state index is 0. The van der Waals surface area contributed by atoms with Crippen LogP contribution < -0.4 is 11.5 Å². The van der Waals surface area contributed by atoms with E-state index in [1.165, 1.54) is 0 Å². The molecule has 0 heterocycles. The first-order valence-corrected chi connectivity index (χ1v) is 2.42. The molecule has 15 nitrogen and oxygen atoms in total. The molecule has 4 N–H and O–H groups in total. The van der Waals surface area contributed by atoms with Gasteiger partial charge < -0.3 is 57.4 Å². The first-order valence-electron chi connectivity index (χ1n) is 2.42. The molecule has 0 fully saturated rings. The Bertz CT molecular complexity index is 165. The first kappa shape index (κ1) is 29.5. The summed E-state index contributed by atoms with van der Waals surface area (Å²) >= 11 is 0. The molecular formula is CH4CeN5O10. The number of nitrogens with zero attached hydrogens (tertiary/aromatic N) is 3. The molecule has 16 heteroatoms. The van der Waals surface area contributed by atoms with E-state index in [2.05, 4.69) is 11.5 Å². The van der Waals surface area contributed by atoms with Crippen molar-refractivity contribution >= 4 is 6.03 Å². The Morgan fingerprint density at radius 1 is 0.706 bits per heavy atom. The van der Waals surface area contributed by atoms with Gasteiger partial charge in [-0.1, -0.05) is 0 Å². The third-order valence-corrected chi connectivity index (χ3v) is 0. The van der Waals surface area contributed by atoms with Gasteiger partial charge >= 0.3 is 47.8 Å². The third kappa shape index (κ3) is 695. The van der Waals surface area contributed by atoms with Crippen LogP contribution in [0, 0.1) is 87.7 Å². The molecule has 97 valence electrons. The summed E-state index contributed by atoms with van der Waals surface area (Å²) in [5.74, 6) is 0. The molecule has 17 heavy (non-hydrogen) atoms. The van der Waals surface area contributed by atoms with E-state index in [4.69, 9.17) is 50.8 Å². The molecule has 0 aliphatic carbocycles. The average Bonchev–Trinajstić information content (AvgIpc) is 1.76. The van der Waals surface area contributed by atoms with E-state index in [1.54, 1.807) is 0 Å². The van der Waals surface area contributed by atoms with Gasteiger partial charge in [-0.05, 0) is 0 Å². The SMILES string of the molecule is NC(N)=O.O=[N+]([O-])[O-].O=[N+]([O-])[O-].O=[N+]([O-])[O-].[Ce+3]. The quantitative estimate of drug-likeness (QED) is 0.352. The van der Waals surface area contributed by atoms with Crippen LogP contribution in [0.2, 0.25) is 0 Å². The number of carbonyl (C=O) groups is 1. The Hall–Kier alpha value is -1.75. The zero-order valence-corrected chi connectivity index (χ0v) is 10.7. The Kier molecular flexibility index (Phi) is 41.3. The summed E-state index contributed by atoms with van der Waals surface area (Å²) in [4.78, 5) is 33.8. The van der Waals surface area contributed by atoms with Crippen molar-refractivity contribution in [3.63, 3.8) is 0 Å². The van der Waals surface area contributed by atoms with Crippen LogP contribution in [-0.2, 0) is 0 Å². The van der Waals surface area contributed by atoms with E-state index in [0.717, 1.165) is 0 Å². The van der Waals surface area contributed by atoms with Crippen LogP contribution in [0.25, 0.3) is 0 Å². The predicted molar refractivity (Wildman–Crippen MR) is 44.9 cm³/mol. The number of hydrogen-bond donors (Lipinski definition) is 2. The maximum Gasteiger partial charge on any atom is 3.00 e. The van der Waals surface area contributed by atoms with Gasteiger partial charge in [-0.2, -0.15) is 0 Å². The van der Waals surface area contributed by atoms with Gasteiger partial charge in [0.1, 0.15) is 0 Å². The van der Waals surface area contributed by atoms with Gasteiger partial charge in [-0.25, -0.2) is 4.79 Å². The van der Waals surface area contributed by atoms with Gasteiger partial charge in [0.15, 0.2) is 0 Å². The van der Waals surface area contributed by atoms with Crippen molar-refractivity contribution in [1.82, 2.24) is 0 Å². The molecule has 0 rings (SSSR count). The molecule has 0 saturated carbocycles. The number of hydrogen-bond acceptors (Lipinski definition) is 10. The van der Waals surface area contributed by atoms with Gasteiger partial charge in [0.25, 0.3) is 0 Å². The zero-order valence-electron chi connectivity index (χ0n) is 7.58. The topological polar surface area (TPSA) is 268 Å². The molecule has 2 amide bonds. The predicted octanol–water partition coefficient (Wildman–Crippen LogP) is -1.69. The Labute approximate surface area is 125 Å². The standard InChI is InChI=1S/CH4N2O.Ce.3NO3/c2-1(3)4;;3*2-1(3)4/h(H4,2,3,4);;;;/q;+3;3*-1. The minimum atomic E-state index is -1.75. The number of rotatable bonds is 0. The molecule has 0 aromatic rings. The number of carbonyl (C=O) groups excluding carboxylic acids is 1. The smallest absolute Gasteiger partial charge is 0.356 e. The van der Waals surface area contributed by atoms with Crippen LogP contribution >= 0.6 is 0 Å². The second-order valence-electron chi connectivity index (χ2n) is 1.07. The summed E-state index contributed by atoms with van der Waals surface area (Å²) < 4.78 is 0. The second-order valence-corrected chi connectivity index (χ2v) is 1.07. The molecule has 0 spiro atoms. The van der Waals surface area contributed by atoms with E-state index < -0.39 is 21.3 Å². The summed E-state index contributed by atoms with van der Waals surface area (Å²) in [5, 5.41) is 44.2. The van der Waals surface area contributed by atoms with Crippen molar-refractivity contribution in [2.75, 3.05) is 0 Å². The van der Waals surface area contributed by atoms with Gasteiger partial charge in [0, 0.05) is 0 Å². The van der Waals surface area contributed by atoms with Crippen LogP contribution in [0.5, 0.6) is 0 Å². The van der Waals surface area contributed by atoms with Crippen LogP contribution in [0.4, 0.5) is 4.79 Å². The summed E-state index contributed by atoms with van der Waals surface area (Å²) in [6, 6.07) is -0.833. The molecular weight excluding hydrogens is 382 g/mol. The molecule has 1 radical (unpaired) electrons. The number of amides is 2. The molecule has 0 aromatic heterocycles. The van der Waals surface area contributed by atoms with Crippen LogP contribution in [0.15, 0.2) is 0 Å². The Morgan fingerprint density at radius 3 is 0.706 bits per heavy atom. The van der Waals surface area contributed by atoms with E-state index in [0.29, 0.717) is 0 Å². The molecule has 0 aliphatic heterocycles. The monoisotopic (exact) mass is 386 g/mol. The van der Waals surface area contributed by atoms with E-state index in [-0.39, 0.29) is 41.7 Å². The molecule has 0 unspecified atom stereocenters. The van der Waals surface area contributed by atoms with Crippen molar-refractivity contribution in [1.29, 1.82) is 0 Å². The fourth-order valence-corrected chi connectivity index (χ4v) is 0. The van der Waals surface area contributed by atoms with Gasteiger partial charge in [-0.3, -0.25) is 0 Å². The molecule has 0 bridgehead atoms. The fraction of sp³-hybridized carbons (Fsp3) is 0. The molecule has 0 saturated heterocycles. The molecule has 0 atom stereocenters. The normalized spacial score (nSPS) is 5.65. The van der Waals surface area contributed by atoms with E-state index in [1.807, 2.05) is 0 Å². The number of urea groups is 1. The van der Waals surface area contributed by atoms with Crippen molar-refractivity contribution < 1.29 is 61.8 Å².